The van der Waals surface area contributed by atoms with Crippen molar-refractivity contribution in [3.8, 4) is 11.3 Å². The fraction of sp³-hybridized carbons (Fsp3) is 0.333. The number of nitrogens with zero attached hydrogens (tertiary/aromatic N) is 1. The zero-order valence-electron chi connectivity index (χ0n) is 11.5. The number of rotatable bonds is 5. The van der Waals surface area contributed by atoms with Crippen LogP contribution in [0.4, 0.5) is 5.13 Å². The Bertz CT molecular complexity index is 597. The first-order chi connectivity index (χ1) is 9.61. The normalized spacial score (nSPS) is 12.2. The van der Waals surface area contributed by atoms with Crippen LogP contribution in [0.15, 0.2) is 29.6 Å². The highest BCUT2D eigenvalue weighted by molar-refractivity contribution is 7.14. The van der Waals surface area contributed by atoms with Crippen LogP contribution in [0.5, 0.6) is 0 Å². The molecular weight excluding hydrogens is 292 g/mol. The van der Waals surface area contributed by atoms with E-state index in [0.29, 0.717) is 10.2 Å². The molecule has 20 heavy (non-hydrogen) atoms. The van der Waals surface area contributed by atoms with Gasteiger partial charge in [0.25, 0.3) is 0 Å². The molecule has 1 aromatic carbocycles. The molecule has 1 unspecified atom stereocenters. The fourth-order valence-electron chi connectivity index (χ4n) is 1.92. The van der Waals surface area contributed by atoms with Gasteiger partial charge in [0, 0.05) is 21.9 Å². The molecule has 1 atom stereocenters. The van der Waals surface area contributed by atoms with E-state index >= 15 is 0 Å². The lowest BCUT2D eigenvalue weighted by molar-refractivity contribution is -0.119. The molecule has 1 heterocycles. The quantitative estimate of drug-likeness (QED) is 0.859. The molecule has 0 aliphatic carbocycles. The zero-order valence-corrected chi connectivity index (χ0v) is 13.1. The number of thiazole rings is 1. The first-order valence-corrected chi connectivity index (χ1v) is 7.89. The van der Waals surface area contributed by atoms with E-state index in [9.17, 15) is 4.79 Å². The van der Waals surface area contributed by atoms with E-state index in [0.717, 1.165) is 24.1 Å². The lowest BCUT2D eigenvalue weighted by Crippen LogP contribution is -2.20. The third-order valence-electron chi connectivity index (χ3n) is 3.05. The third-order valence-corrected chi connectivity index (χ3v) is 4.14. The van der Waals surface area contributed by atoms with Gasteiger partial charge in [-0.25, -0.2) is 4.98 Å². The maximum atomic E-state index is 11.9. The van der Waals surface area contributed by atoms with Gasteiger partial charge in [-0.1, -0.05) is 50.1 Å². The summed E-state index contributed by atoms with van der Waals surface area (Å²) in [4.78, 5) is 16.4. The van der Waals surface area contributed by atoms with Crippen LogP contribution in [-0.4, -0.2) is 10.9 Å². The Morgan fingerprint density at radius 3 is 2.90 bits per heavy atom. The molecule has 1 N–H and O–H groups in total. The third kappa shape index (κ3) is 3.58. The van der Waals surface area contributed by atoms with Crippen LogP contribution in [0.3, 0.4) is 0 Å². The molecular formula is C15H17ClN2OS. The molecule has 1 aromatic heterocycles. The average Bonchev–Trinajstić information content (AvgIpc) is 2.87. The molecule has 5 heteroatoms. The summed E-state index contributed by atoms with van der Waals surface area (Å²) in [6.07, 6.45) is 1.88. The standard InChI is InChI=1S/C15H17ClN2OS/c1-3-6-10(2)14(19)18-15-17-13(9-20-15)11-7-4-5-8-12(11)16/h4-5,7-10H,3,6H2,1-2H3,(H,17,18,19). The largest absolute Gasteiger partial charge is 0.302 e. The first kappa shape index (κ1) is 15.0. The van der Waals surface area contributed by atoms with Crippen molar-refractivity contribution in [1.82, 2.24) is 4.98 Å². The number of benzene rings is 1. The summed E-state index contributed by atoms with van der Waals surface area (Å²) in [7, 11) is 0. The summed E-state index contributed by atoms with van der Waals surface area (Å²) < 4.78 is 0. The Balaban J connectivity index is 2.10. The van der Waals surface area contributed by atoms with Gasteiger partial charge in [-0.15, -0.1) is 11.3 Å². The smallest absolute Gasteiger partial charge is 0.228 e. The van der Waals surface area contributed by atoms with E-state index in [2.05, 4.69) is 17.2 Å². The second kappa shape index (κ2) is 6.86. The summed E-state index contributed by atoms with van der Waals surface area (Å²) >= 11 is 7.56. The molecule has 0 radical (unpaired) electrons. The maximum Gasteiger partial charge on any atom is 0.228 e. The van der Waals surface area contributed by atoms with E-state index in [1.165, 1.54) is 11.3 Å². The predicted molar refractivity (Wildman–Crippen MR) is 85.3 cm³/mol. The number of aromatic nitrogens is 1. The molecule has 0 aliphatic rings. The molecule has 0 saturated carbocycles. The fourth-order valence-corrected chi connectivity index (χ4v) is 2.86. The SMILES string of the molecule is CCCC(C)C(=O)Nc1nc(-c2ccccc2Cl)cs1. The molecule has 2 rings (SSSR count). The van der Waals surface area contributed by atoms with Gasteiger partial charge in [-0.2, -0.15) is 0 Å². The van der Waals surface area contributed by atoms with Crippen molar-refractivity contribution in [2.24, 2.45) is 5.92 Å². The Morgan fingerprint density at radius 2 is 2.20 bits per heavy atom. The molecule has 2 aromatic rings. The summed E-state index contributed by atoms with van der Waals surface area (Å²) in [6.45, 7) is 4.00. The molecule has 0 bridgehead atoms. The van der Waals surface area contributed by atoms with Crippen LogP contribution in [0.2, 0.25) is 5.02 Å². The Hall–Kier alpha value is -1.39. The van der Waals surface area contributed by atoms with Crippen molar-refractivity contribution in [2.45, 2.75) is 26.7 Å². The van der Waals surface area contributed by atoms with Gasteiger partial charge in [0.2, 0.25) is 5.91 Å². The average molecular weight is 309 g/mol. The molecule has 0 saturated heterocycles. The van der Waals surface area contributed by atoms with Crippen LogP contribution in [0.25, 0.3) is 11.3 Å². The summed E-state index contributed by atoms with van der Waals surface area (Å²) in [5.74, 6) is 0.0274. The number of carbonyl (C=O) groups excluding carboxylic acids is 1. The van der Waals surface area contributed by atoms with E-state index < -0.39 is 0 Å². The number of carbonyl (C=O) groups is 1. The Morgan fingerprint density at radius 1 is 1.45 bits per heavy atom. The number of anilines is 1. The van der Waals surface area contributed by atoms with Crippen LogP contribution in [0, 0.1) is 5.92 Å². The minimum absolute atomic E-state index is 0.00710. The van der Waals surface area contributed by atoms with Crippen molar-refractivity contribution >= 4 is 34.0 Å². The lowest BCUT2D eigenvalue weighted by Gasteiger charge is -2.08. The van der Waals surface area contributed by atoms with Gasteiger partial charge in [-0.3, -0.25) is 4.79 Å². The van der Waals surface area contributed by atoms with Crippen molar-refractivity contribution in [3.05, 3.63) is 34.7 Å². The predicted octanol–water partition coefficient (Wildman–Crippen LogP) is 4.84. The minimum Gasteiger partial charge on any atom is -0.302 e. The van der Waals surface area contributed by atoms with Gasteiger partial charge in [0.05, 0.1) is 5.69 Å². The Kier molecular flexibility index (Phi) is 5.15. The van der Waals surface area contributed by atoms with Gasteiger partial charge in [-0.05, 0) is 12.5 Å². The summed E-state index contributed by atoms with van der Waals surface area (Å²) in [5.41, 5.74) is 1.67. The number of hydrogen-bond acceptors (Lipinski definition) is 3. The highest BCUT2D eigenvalue weighted by atomic mass is 35.5. The Labute approximate surface area is 128 Å². The van der Waals surface area contributed by atoms with Crippen molar-refractivity contribution in [3.63, 3.8) is 0 Å². The molecule has 0 aliphatic heterocycles. The van der Waals surface area contributed by atoms with Gasteiger partial charge >= 0.3 is 0 Å². The number of halogens is 1. The van der Waals surface area contributed by atoms with E-state index in [-0.39, 0.29) is 11.8 Å². The van der Waals surface area contributed by atoms with Crippen LogP contribution < -0.4 is 5.32 Å². The van der Waals surface area contributed by atoms with Crippen LogP contribution in [-0.2, 0) is 4.79 Å². The van der Waals surface area contributed by atoms with Gasteiger partial charge in [0.15, 0.2) is 5.13 Å². The summed E-state index contributed by atoms with van der Waals surface area (Å²) in [6, 6.07) is 7.55. The van der Waals surface area contributed by atoms with Crippen LogP contribution >= 0.6 is 22.9 Å². The van der Waals surface area contributed by atoms with Crippen molar-refractivity contribution in [2.75, 3.05) is 5.32 Å². The monoisotopic (exact) mass is 308 g/mol. The number of hydrogen-bond donors (Lipinski definition) is 1. The lowest BCUT2D eigenvalue weighted by atomic mass is 10.1. The molecule has 3 nitrogen and oxygen atoms in total. The second-order valence-corrected chi connectivity index (χ2v) is 5.96. The molecule has 1 amide bonds. The topological polar surface area (TPSA) is 42.0 Å². The molecule has 106 valence electrons. The van der Waals surface area contributed by atoms with Crippen molar-refractivity contribution in [1.29, 1.82) is 0 Å². The van der Waals surface area contributed by atoms with E-state index in [1.807, 2.05) is 36.6 Å². The number of amides is 1. The number of nitrogens with one attached hydrogen (secondary N) is 1. The maximum absolute atomic E-state index is 11.9. The van der Waals surface area contributed by atoms with E-state index in [1.54, 1.807) is 0 Å². The van der Waals surface area contributed by atoms with Crippen LogP contribution in [0.1, 0.15) is 26.7 Å². The first-order valence-electron chi connectivity index (χ1n) is 6.63. The zero-order chi connectivity index (χ0) is 14.5. The van der Waals surface area contributed by atoms with Gasteiger partial charge < -0.3 is 5.32 Å². The minimum atomic E-state index is 0.00710. The molecule has 0 spiro atoms. The van der Waals surface area contributed by atoms with Gasteiger partial charge in [0.1, 0.15) is 0 Å². The second-order valence-electron chi connectivity index (χ2n) is 4.70. The molecule has 0 fully saturated rings. The highest BCUT2D eigenvalue weighted by Crippen LogP contribution is 2.30. The van der Waals surface area contributed by atoms with Crippen molar-refractivity contribution < 1.29 is 4.79 Å². The highest BCUT2D eigenvalue weighted by Gasteiger charge is 2.14. The summed E-state index contributed by atoms with van der Waals surface area (Å²) in [5, 5.41) is 6.05. The van der Waals surface area contributed by atoms with E-state index in [4.69, 9.17) is 11.6 Å².